The molecule has 2 heterocycles. The van der Waals surface area contributed by atoms with Crippen LogP contribution in [0.15, 0.2) is 42.5 Å². The van der Waals surface area contributed by atoms with Gasteiger partial charge in [0.05, 0.1) is 6.61 Å². The summed E-state index contributed by atoms with van der Waals surface area (Å²) in [5.74, 6) is -1.34. The van der Waals surface area contributed by atoms with E-state index in [1.807, 2.05) is 31.2 Å². The number of halogens is 1. The highest BCUT2D eigenvalue weighted by atomic mass is 32.1. The van der Waals surface area contributed by atoms with E-state index in [4.69, 9.17) is 9.47 Å². The largest absolute Gasteiger partial charge is 0.451 e. The first-order chi connectivity index (χ1) is 14.0. The summed E-state index contributed by atoms with van der Waals surface area (Å²) in [5.41, 5.74) is 2.40. The molecule has 0 N–H and O–H groups in total. The molecule has 1 aliphatic rings. The Morgan fingerprint density at radius 3 is 2.79 bits per heavy atom. The van der Waals surface area contributed by atoms with Gasteiger partial charge in [0.25, 0.3) is 5.91 Å². The minimum atomic E-state index is -0.647. The minimum absolute atomic E-state index is 0.000996. The van der Waals surface area contributed by atoms with Crippen LogP contribution in [0.4, 0.5) is 10.1 Å². The lowest BCUT2D eigenvalue weighted by Gasteiger charge is -2.22. The third-order valence-corrected chi connectivity index (χ3v) is 6.22. The Hall–Kier alpha value is -2.77. The van der Waals surface area contributed by atoms with E-state index in [0.717, 1.165) is 29.0 Å². The molecule has 4 rings (SSSR count). The van der Waals surface area contributed by atoms with Crippen molar-refractivity contribution in [3.8, 4) is 0 Å². The second kappa shape index (κ2) is 7.93. The molecule has 1 atom stereocenters. The van der Waals surface area contributed by atoms with Crippen molar-refractivity contribution in [3.05, 3.63) is 64.3 Å². The molecule has 2 aromatic carbocycles. The van der Waals surface area contributed by atoms with E-state index in [2.05, 4.69) is 0 Å². The molecular formula is C22H20FNO4S. The number of fused-ring (bicyclic) bond motifs is 2. The molecule has 1 amide bonds. The first-order valence-electron chi connectivity index (χ1n) is 9.27. The Morgan fingerprint density at radius 1 is 1.21 bits per heavy atom. The summed E-state index contributed by atoms with van der Waals surface area (Å²) in [6.45, 7) is 1.67. The summed E-state index contributed by atoms with van der Waals surface area (Å²) in [5, 5.41) is 0.361. The van der Waals surface area contributed by atoms with Gasteiger partial charge in [0.2, 0.25) is 0 Å². The fourth-order valence-corrected chi connectivity index (χ4v) is 4.94. The first-order valence-corrected chi connectivity index (χ1v) is 10.1. The lowest BCUT2D eigenvalue weighted by atomic mass is 10.1. The van der Waals surface area contributed by atoms with Gasteiger partial charge in [-0.15, -0.1) is 11.3 Å². The van der Waals surface area contributed by atoms with Crippen LogP contribution in [0.1, 0.15) is 27.7 Å². The van der Waals surface area contributed by atoms with E-state index < -0.39 is 11.8 Å². The Morgan fingerprint density at radius 2 is 2.00 bits per heavy atom. The second-order valence-corrected chi connectivity index (χ2v) is 8.03. The molecule has 5 nitrogen and oxygen atoms in total. The van der Waals surface area contributed by atoms with Gasteiger partial charge in [0.15, 0.2) is 6.61 Å². The quantitative estimate of drug-likeness (QED) is 0.585. The smallest absolute Gasteiger partial charge is 0.349 e. The summed E-state index contributed by atoms with van der Waals surface area (Å²) >= 11 is 1.14. The van der Waals surface area contributed by atoms with Gasteiger partial charge in [-0.05, 0) is 37.1 Å². The van der Waals surface area contributed by atoms with E-state index in [1.54, 1.807) is 17.0 Å². The molecule has 0 saturated carbocycles. The van der Waals surface area contributed by atoms with Crippen LogP contribution in [0.3, 0.4) is 0 Å². The van der Waals surface area contributed by atoms with Crippen LogP contribution in [0.25, 0.3) is 10.1 Å². The van der Waals surface area contributed by atoms with Gasteiger partial charge in [-0.3, -0.25) is 4.79 Å². The molecule has 0 spiro atoms. The Balaban J connectivity index is 1.54. The maximum absolute atomic E-state index is 14.3. The number of amides is 1. The molecule has 7 heteroatoms. The van der Waals surface area contributed by atoms with Crippen LogP contribution < -0.4 is 4.90 Å². The number of carbonyl (C=O) groups is 2. The van der Waals surface area contributed by atoms with Crippen LogP contribution in [0.2, 0.25) is 0 Å². The van der Waals surface area contributed by atoms with Crippen LogP contribution in [-0.4, -0.2) is 31.6 Å². The Bertz CT molecular complexity index is 1090. The molecule has 0 radical (unpaired) electrons. The molecule has 0 unspecified atom stereocenters. The summed E-state index contributed by atoms with van der Waals surface area (Å²) in [6.07, 6.45) is 0.767. The monoisotopic (exact) mass is 413 g/mol. The van der Waals surface area contributed by atoms with Crippen LogP contribution in [-0.2, 0) is 27.3 Å². The first kappa shape index (κ1) is 19.5. The number of hydrogen-bond donors (Lipinski definition) is 0. The number of methoxy groups -OCH3 is 1. The number of ether oxygens (including phenoxy) is 2. The molecule has 0 bridgehead atoms. The van der Waals surface area contributed by atoms with Crippen LogP contribution in [0, 0.1) is 5.82 Å². The average molecular weight is 413 g/mol. The van der Waals surface area contributed by atoms with Crippen molar-refractivity contribution >= 4 is 39.0 Å². The van der Waals surface area contributed by atoms with Crippen molar-refractivity contribution in [3.63, 3.8) is 0 Å². The molecule has 0 aliphatic carbocycles. The fraction of sp³-hybridized carbons (Fsp3) is 0.273. The normalized spacial score (nSPS) is 15.6. The highest BCUT2D eigenvalue weighted by Gasteiger charge is 2.31. The maximum atomic E-state index is 14.3. The second-order valence-electron chi connectivity index (χ2n) is 6.98. The van der Waals surface area contributed by atoms with Gasteiger partial charge >= 0.3 is 5.97 Å². The lowest BCUT2D eigenvalue weighted by molar-refractivity contribution is -0.122. The van der Waals surface area contributed by atoms with E-state index in [1.165, 1.54) is 13.2 Å². The number of hydrogen-bond acceptors (Lipinski definition) is 5. The topological polar surface area (TPSA) is 55.8 Å². The van der Waals surface area contributed by atoms with Crippen molar-refractivity contribution in [1.29, 1.82) is 0 Å². The SMILES string of the molecule is COCc1c(C(=O)OCC(=O)N2c3ccccc3C[C@H]2C)sc2cccc(F)c12. The molecule has 3 aromatic rings. The summed E-state index contributed by atoms with van der Waals surface area (Å²) in [7, 11) is 1.48. The van der Waals surface area contributed by atoms with Gasteiger partial charge in [-0.25, -0.2) is 9.18 Å². The highest BCUT2D eigenvalue weighted by Crippen LogP contribution is 2.35. The predicted molar refractivity (Wildman–Crippen MR) is 110 cm³/mol. The van der Waals surface area contributed by atoms with Crippen LogP contribution in [0.5, 0.6) is 0 Å². The number of benzene rings is 2. The van der Waals surface area contributed by atoms with E-state index in [-0.39, 0.29) is 30.0 Å². The Labute approximate surface area is 171 Å². The highest BCUT2D eigenvalue weighted by molar-refractivity contribution is 7.21. The molecule has 0 saturated heterocycles. The van der Waals surface area contributed by atoms with Gasteiger partial charge in [0, 0.05) is 34.5 Å². The number of carbonyl (C=O) groups excluding carboxylic acids is 2. The molecule has 150 valence electrons. The Kier molecular flexibility index (Phi) is 5.34. The number of rotatable bonds is 5. The van der Waals surface area contributed by atoms with Gasteiger partial charge < -0.3 is 14.4 Å². The maximum Gasteiger partial charge on any atom is 0.349 e. The summed E-state index contributed by atoms with van der Waals surface area (Å²) in [4.78, 5) is 27.4. The third-order valence-electron chi connectivity index (χ3n) is 5.04. The van der Waals surface area contributed by atoms with Crippen molar-refractivity contribution in [2.45, 2.75) is 26.0 Å². The number of esters is 1. The lowest BCUT2D eigenvalue weighted by Crippen LogP contribution is -2.38. The van der Waals surface area contributed by atoms with Gasteiger partial charge in [-0.1, -0.05) is 24.3 Å². The van der Waals surface area contributed by atoms with Gasteiger partial charge in [-0.2, -0.15) is 0 Å². The summed E-state index contributed by atoms with van der Waals surface area (Å²) < 4.78 is 25.4. The number of anilines is 1. The van der Waals surface area contributed by atoms with E-state index >= 15 is 0 Å². The van der Waals surface area contributed by atoms with Crippen molar-refractivity contribution in [2.24, 2.45) is 0 Å². The van der Waals surface area contributed by atoms with Crippen molar-refractivity contribution < 1.29 is 23.5 Å². The number of para-hydroxylation sites is 1. The molecular weight excluding hydrogens is 393 g/mol. The fourth-order valence-electron chi connectivity index (χ4n) is 3.82. The third kappa shape index (κ3) is 3.52. The standard InChI is InChI=1S/C22H20FNO4S/c1-13-10-14-6-3-4-8-17(14)24(13)19(25)12-28-22(26)21-15(11-27-2)20-16(23)7-5-9-18(20)29-21/h3-9,13H,10-12H2,1-2H3/t13-/m1/s1. The zero-order valence-corrected chi connectivity index (χ0v) is 16.9. The van der Waals surface area contributed by atoms with Crippen molar-refractivity contribution in [2.75, 3.05) is 18.6 Å². The molecule has 1 aliphatic heterocycles. The van der Waals surface area contributed by atoms with Gasteiger partial charge in [0.1, 0.15) is 10.7 Å². The predicted octanol–water partition coefficient (Wildman–Crippen LogP) is 4.32. The number of nitrogens with zero attached hydrogens (tertiary/aromatic N) is 1. The summed E-state index contributed by atoms with van der Waals surface area (Å²) in [6, 6.07) is 12.4. The van der Waals surface area contributed by atoms with E-state index in [9.17, 15) is 14.0 Å². The zero-order valence-electron chi connectivity index (χ0n) is 16.1. The zero-order chi connectivity index (χ0) is 20.5. The van der Waals surface area contributed by atoms with E-state index in [0.29, 0.717) is 15.6 Å². The minimum Gasteiger partial charge on any atom is -0.451 e. The average Bonchev–Trinajstić information content (AvgIpc) is 3.24. The van der Waals surface area contributed by atoms with Crippen molar-refractivity contribution in [1.82, 2.24) is 0 Å². The number of thiophene rings is 1. The molecule has 29 heavy (non-hydrogen) atoms. The van der Waals surface area contributed by atoms with Crippen LogP contribution >= 0.6 is 11.3 Å². The molecule has 0 fully saturated rings. The molecule has 1 aromatic heterocycles.